The van der Waals surface area contributed by atoms with Crippen molar-refractivity contribution in [1.29, 1.82) is 0 Å². The lowest BCUT2D eigenvalue weighted by Crippen LogP contribution is -2.45. The molecule has 0 saturated carbocycles. The average Bonchev–Trinajstić information content (AvgIpc) is 2.67. The van der Waals surface area contributed by atoms with Gasteiger partial charge in [0.1, 0.15) is 0 Å². The van der Waals surface area contributed by atoms with Crippen molar-refractivity contribution in [3.05, 3.63) is 69.7 Å². The lowest BCUT2D eigenvalue weighted by atomic mass is 10.1. The lowest BCUT2D eigenvalue weighted by molar-refractivity contribution is -0.159. The molecule has 1 saturated heterocycles. The molecule has 0 aliphatic carbocycles. The van der Waals surface area contributed by atoms with E-state index in [1.165, 1.54) is 16.7 Å². The Bertz CT molecular complexity index is 702. The topological polar surface area (TPSA) is 81.1 Å². The quantitative estimate of drug-likeness (QED) is 0.698. The normalized spacial score (nSPS) is 14.8. The third-order valence-corrected chi connectivity index (χ3v) is 5.02. The summed E-state index contributed by atoms with van der Waals surface area (Å²) in [6.45, 7) is 8.90. The number of hydrogen-bond acceptors (Lipinski definition) is 4. The van der Waals surface area contributed by atoms with E-state index < -0.39 is 11.9 Å². The zero-order chi connectivity index (χ0) is 20.5. The molecule has 3 rings (SSSR count). The Morgan fingerprint density at radius 2 is 1.14 bits per heavy atom. The van der Waals surface area contributed by atoms with E-state index in [0.717, 1.165) is 43.7 Å². The molecule has 2 aromatic carbocycles. The smallest absolute Gasteiger partial charge is 0.414 e. The molecule has 0 unspecified atom stereocenters. The molecule has 0 amide bonds. The van der Waals surface area contributed by atoms with Crippen molar-refractivity contribution in [2.45, 2.75) is 20.0 Å². The first-order valence-electron chi connectivity index (χ1n) is 9.04. The minimum Gasteiger partial charge on any atom is -0.473 e. The third kappa shape index (κ3) is 7.80. The van der Waals surface area contributed by atoms with Crippen LogP contribution in [0, 0.1) is 6.92 Å². The van der Waals surface area contributed by atoms with Crippen LogP contribution in [-0.4, -0.2) is 58.1 Å². The molecule has 0 atom stereocenters. The monoisotopic (exact) mass is 448 g/mol. The minimum absolute atomic E-state index is 1.06. The van der Waals surface area contributed by atoms with Crippen molar-refractivity contribution in [2.24, 2.45) is 0 Å². The summed E-state index contributed by atoms with van der Waals surface area (Å²) < 4.78 is 1.15. The van der Waals surface area contributed by atoms with Crippen LogP contribution in [0.1, 0.15) is 16.7 Å². The predicted molar refractivity (Wildman–Crippen MR) is 111 cm³/mol. The number of hydrogen-bond donors (Lipinski definition) is 2. The van der Waals surface area contributed by atoms with Crippen LogP contribution in [0.3, 0.4) is 0 Å². The molecular weight excluding hydrogens is 424 g/mol. The Balaban J connectivity index is 0.000000409. The van der Waals surface area contributed by atoms with E-state index >= 15 is 0 Å². The Kier molecular flexibility index (Phi) is 8.63. The number of aliphatic carboxylic acids is 2. The summed E-state index contributed by atoms with van der Waals surface area (Å²) in [5.74, 6) is -3.65. The first-order chi connectivity index (χ1) is 13.3. The van der Waals surface area contributed by atoms with E-state index in [4.69, 9.17) is 19.8 Å². The molecule has 0 radical (unpaired) electrons. The van der Waals surface area contributed by atoms with Crippen molar-refractivity contribution in [3.8, 4) is 0 Å². The maximum atomic E-state index is 9.10. The number of benzene rings is 2. The highest BCUT2D eigenvalue weighted by Gasteiger charge is 2.17. The number of aryl methyl sites for hydroxylation is 1. The van der Waals surface area contributed by atoms with Crippen molar-refractivity contribution in [3.63, 3.8) is 0 Å². The maximum Gasteiger partial charge on any atom is 0.414 e. The summed E-state index contributed by atoms with van der Waals surface area (Å²) in [7, 11) is 0. The van der Waals surface area contributed by atoms with Gasteiger partial charge in [0.2, 0.25) is 0 Å². The van der Waals surface area contributed by atoms with Gasteiger partial charge in [-0.25, -0.2) is 9.59 Å². The van der Waals surface area contributed by atoms with Crippen molar-refractivity contribution in [2.75, 3.05) is 26.2 Å². The average molecular weight is 449 g/mol. The predicted octanol–water partition coefficient (Wildman–Crippen LogP) is 3.23. The molecule has 2 N–H and O–H groups in total. The van der Waals surface area contributed by atoms with E-state index in [2.05, 4.69) is 81.2 Å². The van der Waals surface area contributed by atoms with Gasteiger partial charge in [-0.1, -0.05) is 57.9 Å². The Morgan fingerprint density at radius 1 is 0.786 bits per heavy atom. The largest absolute Gasteiger partial charge is 0.473 e. The molecule has 28 heavy (non-hydrogen) atoms. The molecule has 1 heterocycles. The summed E-state index contributed by atoms with van der Waals surface area (Å²) in [6, 6.07) is 17.6. The highest BCUT2D eigenvalue weighted by atomic mass is 79.9. The minimum atomic E-state index is -1.82. The molecule has 1 aliphatic rings. The van der Waals surface area contributed by atoms with Crippen LogP contribution in [0.2, 0.25) is 0 Å². The SMILES string of the molecule is Cc1ccc(CN2CCN(Cc3ccc(Br)cc3)CC2)cc1.O=C(O)C(=O)O. The van der Waals surface area contributed by atoms with Crippen LogP contribution in [-0.2, 0) is 22.7 Å². The standard InChI is InChI=1S/C19H23BrN2.C2H2O4/c1-16-2-4-17(5-3-16)14-21-10-12-22(13-11-21)15-18-6-8-19(20)9-7-18;3-1(4)2(5)6/h2-9H,10-15H2,1H3;(H,3,4)(H,5,6). The van der Waals surface area contributed by atoms with Gasteiger partial charge in [0.25, 0.3) is 0 Å². The number of nitrogens with zero attached hydrogens (tertiary/aromatic N) is 2. The first-order valence-corrected chi connectivity index (χ1v) is 9.83. The van der Waals surface area contributed by atoms with Gasteiger partial charge >= 0.3 is 11.9 Å². The van der Waals surface area contributed by atoms with Gasteiger partial charge in [0.15, 0.2) is 0 Å². The van der Waals surface area contributed by atoms with E-state index in [9.17, 15) is 0 Å². The van der Waals surface area contributed by atoms with Crippen LogP contribution in [0.15, 0.2) is 53.0 Å². The van der Waals surface area contributed by atoms with Gasteiger partial charge in [0.05, 0.1) is 0 Å². The van der Waals surface area contributed by atoms with Gasteiger partial charge < -0.3 is 10.2 Å². The molecule has 0 bridgehead atoms. The van der Waals surface area contributed by atoms with Gasteiger partial charge in [-0.2, -0.15) is 0 Å². The van der Waals surface area contributed by atoms with Crippen molar-refractivity contribution >= 4 is 27.9 Å². The highest BCUT2D eigenvalue weighted by Crippen LogP contribution is 2.14. The molecule has 1 aliphatic heterocycles. The summed E-state index contributed by atoms with van der Waals surface area (Å²) in [6.07, 6.45) is 0. The van der Waals surface area contributed by atoms with Gasteiger partial charge in [0, 0.05) is 43.7 Å². The van der Waals surface area contributed by atoms with Gasteiger partial charge in [-0.05, 0) is 30.2 Å². The summed E-state index contributed by atoms with van der Waals surface area (Å²) in [5.41, 5.74) is 4.16. The summed E-state index contributed by atoms with van der Waals surface area (Å²) in [5, 5.41) is 14.8. The highest BCUT2D eigenvalue weighted by molar-refractivity contribution is 9.10. The van der Waals surface area contributed by atoms with Gasteiger partial charge in [-0.3, -0.25) is 9.80 Å². The van der Waals surface area contributed by atoms with Crippen LogP contribution in [0.5, 0.6) is 0 Å². The van der Waals surface area contributed by atoms with E-state index in [1.807, 2.05) is 0 Å². The van der Waals surface area contributed by atoms with Crippen LogP contribution in [0.4, 0.5) is 0 Å². The molecular formula is C21H25BrN2O4. The van der Waals surface area contributed by atoms with E-state index in [-0.39, 0.29) is 0 Å². The molecule has 1 fully saturated rings. The number of carboxylic acid groups (broad SMARTS) is 2. The van der Waals surface area contributed by atoms with Gasteiger partial charge in [-0.15, -0.1) is 0 Å². The second-order valence-electron chi connectivity index (χ2n) is 6.77. The number of carbonyl (C=O) groups is 2. The number of halogens is 1. The molecule has 0 spiro atoms. The molecule has 7 heteroatoms. The lowest BCUT2D eigenvalue weighted by Gasteiger charge is -2.34. The fraction of sp³-hybridized carbons (Fsp3) is 0.333. The van der Waals surface area contributed by atoms with Crippen molar-refractivity contribution < 1.29 is 19.8 Å². The molecule has 0 aromatic heterocycles. The number of piperazine rings is 1. The Labute approximate surface area is 173 Å². The van der Waals surface area contributed by atoms with Crippen LogP contribution in [0.25, 0.3) is 0 Å². The van der Waals surface area contributed by atoms with Crippen molar-refractivity contribution in [1.82, 2.24) is 9.80 Å². The number of carboxylic acids is 2. The summed E-state index contributed by atoms with van der Waals surface area (Å²) >= 11 is 3.49. The Morgan fingerprint density at radius 3 is 1.50 bits per heavy atom. The molecule has 2 aromatic rings. The van der Waals surface area contributed by atoms with Crippen LogP contribution < -0.4 is 0 Å². The number of rotatable bonds is 4. The Hall–Kier alpha value is -2.22. The maximum absolute atomic E-state index is 9.10. The van der Waals surface area contributed by atoms with E-state index in [0.29, 0.717) is 0 Å². The fourth-order valence-electron chi connectivity index (χ4n) is 2.91. The summed E-state index contributed by atoms with van der Waals surface area (Å²) in [4.78, 5) is 23.3. The third-order valence-electron chi connectivity index (χ3n) is 4.49. The molecule has 6 nitrogen and oxygen atoms in total. The zero-order valence-corrected chi connectivity index (χ0v) is 17.4. The zero-order valence-electron chi connectivity index (χ0n) is 15.8. The molecule has 150 valence electrons. The second kappa shape index (κ2) is 10.9. The van der Waals surface area contributed by atoms with E-state index in [1.54, 1.807) is 0 Å². The van der Waals surface area contributed by atoms with Crippen LogP contribution >= 0.6 is 15.9 Å². The second-order valence-corrected chi connectivity index (χ2v) is 7.69. The fourth-order valence-corrected chi connectivity index (χ4v) is 3.17. The first kappa shape index (κ1) is 22.1.